The normalized spacial score (nSPS) is 17.0. The van der Waals surface area contributed by atoms with Crippen molar-refractivity contribution in [2.45, 2.75) is 45.3 Å². The Balaban J connectivity index is 2.00. The maximum absolute atomic E-state index is 15.1. The molecule has 2 atom stereocenters. The molecule has 0 fully saturated rings. The van der Waals surface area contributed by atoms with Gasteiger partial charge >= 0.3 is 5.97 Å². The number of carbonyl (C=O) groups is 2. The van der Waals surface area contributed by atoms with Gasteiger partial charge in [0.05, 0.1) is 18.2 Å². The van der Waals surface area contributed by atoms with Crippen molar-refractivity contribution in [3.8, 4) is 0 Å². The molecule has 9 heteroatoms. The number of hydrogen-bond acceptors (Lipinski definition) is 5. The summed E-state index contributed by atoms with van der Waals surface area (Å²) in [4.78, 5) is 28.8. The number of hydrogen-bond donors (Lipinski definition) is 2. The number of rotatable bonds is 10. The first-order chi connectivity index (χ1) is 17.0. The maximum atomic E-state index is 15.1. The molecule has 1 unspecified atom stereocenters. The molecule has 36 heavy (non-hydrogen) atoms. The summed E-state index contributed by atoms with van der Waals surface area (Å²) in [5, 5.41) is 19.0. The molecule has 0 radical (unpaired) electrons. The van der Waals surface area contributed by atoms with Gasteiger partial charge in [0.25, 0.3) is 0 Å². The van der Waals surface area contributed by atoms with Crippen molar-refractivity contribution in [1.82, 2.24) is 4.90 Å². The van der Waals surface area contributed by atoms with Crippen LogP contribution in [0.4, 0.5) is 13.2 Å². The van der Waals surface area contributed by atoms with Crippen LogP contribution in [0.3, 0.4) is 0 Å². The van der Waals surface area contributed by atoms with E-state index in [1.807, 2.05) is 13.8 Å². The van der Waals surface area contributed by atoms with E-state index in [0.29, 0.717) is 22.7 Å². The molecule has 0 spiro atoms. The monoisotopic (exact) mass is 500 g/mol. The zero-order chi connectivity index (χ0) is 26.4. The van der Waals surface area contributed by atoms with Crippen LogP contribution >= 0.6 is 0 Å². The minimum Gasteiger partial charge on any atom is -0.481 e. The number of ketones is 1. The quantitative estimate of drug-likeness (QED) is 0.455. The van der Waals surface area contributed by atoms with Crippen LogP contribution in [-0.4, -0.2) is 38.8 Å². The summed E-state index contributed by atoms with van der Waals surface area (Å²) < 4.78 is 42.2. The molecule has 2 aromatic carbocycles. The number of halogens is 3. The molecule has 1 heterocycles. The number of carboxylic acids is 1. The Labute approximate surface area is 207 Å². The number of nitrogens with zero attached hydrogens (tertiary/aromatic N) is 2. The fourth-order valence-corrected chi connectivity index (χ4v) is 3.74. The summed E-state index contributed by atoms with van der Waals surface area (Å²) >= 11 is 0. The zero-order valence-corrected chi connectivity index (χ0v) is 19.9. The van der Waals surface area contributed by atoms with Gasteiger partial charge in [-0.2, -0.15) is 0 Å². The number of Topliss-reactive ketones (excluding diaryl/α,β-unsaturated/α-hetero) is 1. The predicted molar refractivity (Wildman–Crippen MR) is 129 cm³/mol. The standard InChI is InChI=1S/C27H27F3N2O4/c1-16(2)27-31-23(17-3-7-19(28)8-4-17)14-24(18-5-9-20(29)10-6-18)32(27)15-22(30)25(34)13-21(33)11-12-26(35)36/h3-10,14-16,24-25,34H,11-13H2,1-2H3,(H,35,36)/t24?,25-/m0/s1. The molecule has 0 aromatic heterocycles. The van der Waals surface area contributed by atoms with Crippen LogP contribution in [-0.2, 0) is 9.59 Å². The van der Waals surface area contributed by atoms with Crippen LogP contribution in [0.15, 0.2) is 71.6 Å². The van der Waals surface area contributed by atoms with Crippen molar-refractivity contribution in [1.29, 1.82) is 0 Å². The summed E-state index contributed by atoms with van der Waals surface area (Å²) in [5.74, 6) is -3.38. The molecule has 2 aromatic rings. The average Bonchev–Trinajstić information content (AvgIpc) is 2.83. The minimum absolute atomic E-state index is 0.213. The van der Waals surface area contributed by atoms with Crippen molar-refractivity contribution in [3.05, 3.63) is 89.4 Å². The smallest absolute Gasteiger partial charge is 0.303 e. The van der Waals surface area contributed by atoms with Crippen molar-refractivity contribution in [3.63, 3.8) is 0 Å². The predicted octanol–water partition coefficient (Wildman–Crippen LogP) is 5.41. The molecular formula is C27H27F3N2O4. The largest absolute Gasteiger partial charge is 0.481 e. The van der Waals surface area contributed by atoms with Crippen molar-refractivity contribution in [2.75, 3.05) is 0 Å². The second kappa shape index (κ2) is 11.8. The number of aliphatic carboxylic acids is 1. The lowest BCUT2D eigenvalue weighted by molar-refractivity contribution is -0.138. The molecule has 0 saturated carbocycles. The third kappa shape index (κ3) is 6.91. The number of carboxylic acid groups (broad SMARTS) is 1. The van der Waals surface area contributed by atoms with E-state index in [4.69, 9.17) is 5.11 Å². The zero-order valence-electron chi connectivity index (χ0n) is 19.9. The highest BCUT2D eigenvalue weighted by molar-refractivity contribution is 5.93. The fraction of sp³-hybridized carbons (Fsp3) is 0.296. The molecule has 0 bridgehead atoms. The molecule has 3 rings (SSSR count). The first-order valence-corrected chi connectivity index (χ1v) is 11.4. The molecular weight excluding hydrogens is 473 g/mol. The van der Waals surface area contributed by atoms with Crippen molar-refractivity contribution < 1.29 is 33.0 Å². The highest BCUT2D eigenvalue weighted by Gasteiger charge is 2.29. The van der Waals surface area contributed by atoms with Gasteiger partial charge < -0.3 is 15.1 Å². The maximum Gasteiger partial charge on any atom is 0.303 e. The number of aliphatic hydroxyl groups is 1. The molecule has 190 valence electrons. The van der Waals surface area contributed by atoms with Gasteiger partial charge in [-0.1, -0.05) is 26.0 Å². The van der Waals surface area contributed by atoms with Crippen LogP contribution in [0.1, 0.15) is 50.3 Å². The average molecular weight is 501 g/mol. The van der Waals surface area contributed by atoms with Crippen molar-refractivity contribution in [2.24, 2.45) is 10.9 Å². The van der Waals surface area contributed by atoms with E-state index in [0.717, 1.165) is 6.20 Å². The molecule has 1 aliphatic rings. The lowest BCUT2D eigenvalue weighted by atomic mass is 9.97. The van der Waals surface area contributed by atoms with Gasteiger partial charge in [-0.25, -0.2) is 18.2 Å². The highest BCUT2D eigenvalue weighted by atomic mass is 19.1. The van der Waals surface area contributed by atoms with E-state index in [-0.39, 0.29) is 12.3 Å². The molecule has 0 saturated heterocycles. The first-order valence-electron chi connectivity index (χ1n) is 11.4. The summed E-state index contributed by atoms with van der Waals surface area (Å²) in [6.07, 6.45) is -0.285. The van der Waals surface area contributed by atoms with E-state index in [9.17, 15) is 23.5 Å². The Hall–Kier alpha value is -3.72. The van der Waals surface area contributed by atoms with Gasteiger partial charge in [0.15, 0.2) is 0 Å². The summed E-state index contributed by atoms with van der Waals surface area (Å²) in [7, 11) is 0. The molecule has 2 N–H and O–H groups in total. The Morgan fingerprint density at radius 2 is 1.61 bits per heavy atom. The summed E-state index contributed by atoms with van der Waals surface area (Å²) in [6, 6.07) is 10.7. The second-order valence-corrected chi connectivity index (χ2v) is 8.75. The van der Waals surface area contributed by atoms with E-state index in [1.54, 1.807) is 30.3 Å². The minimum atomic E-state index is -1.77. The topological polar surface area (TPSA) is 90.2 Å². The van der Waals surface area contributed by atoms with E-state index >= 15 is 4.39 Å². The molecule has 0 aliphatic carbocycles. The number of aliphatic hydroxyl groups excluding tert-OH is 1. The second-order valence-electron chi connectivity index (χ2n) is 8.75. The van der Waals surface area contributed by atoms with Crippen LogP contribution in [0.25, 0.3) is 5.70 Å². The number of benzene rings is 2. The van der Waals surface area contributed by atoms with Crippen LogP contribution < -0.4 is 0 Å². The van der Waals surface area contributed by atoms with Gasteiger partial charge in [-0.3, -0.25) is 9.59 Å². The Morgan fingerprint density at radius 1 is 1.03 bits per heavy atom. The Bertz CT molecular complexity index is 1190. The van der Waals surface area contributed by atoms with E-state index in [1.165, 1.54) is 29.2 Å². The molecule has 6 nitrogen and oxygen atoms in total. The van der Waals surface area contributed by atoms with Gasteiger partial charge in [0.1, 0.15) is 35.2 Å². The van der Waals surface area contributed by atoms with E-state index < -0.39 is 54.2 Å². The number of amidine groups is 1. The molecule has 0 amide bonds. The summed E-state index contributed by atoms with van der Waals surface area (Å²) in [6.45, 7) is 3.69. The van der Waals surface area contributed by atoms with Gasteiger partial charge in [0, 0.05) is 30.5 Å². The van der Waals surface area contributed by atoms with Gasteiger partial charge in [-0.15, -0.1) is 0 Å². The van der Waals surface area contributed by atoms with Crippen LogP contribution in [0.2, 0.25) is 0 Å². The Morgan fingerprint density at radius 3 is 2.17 bits per heavy atom. The van der Waals surface area contributed by atoms with Crippen LogP contribution in [0.5, 0.6) is 0 Å². The first kappa shape index (κ1) is 26.9. The van der Waals surface area contributed by atoms with Gasteiger partial charge in [-0.05, 0) is 48.0 Å². The molecule has 1 aliphatic heterocycles. The lowest BCUT2D eigenvalue weighted by Gasteiger charge is -2.36. The fourth-order valence-electron chi connectivity index (χ4n) is 3.74. The lowest BCUT2D eigenvalue weighted by Crippen LogP contribution is -2.36. The Kier molecular flexibility index (Phi) is 8.82. The van der Waals surface area contributed by atoms with Crippen molar-refractivity contribution >= 4 is 23.3 Å². The van der Waals surface area contributed by atoms with Gasteiger partial charge in [0.2, 0.25) is 0 Å². The summed E-state index contributed by atoms with van der Waals surface area (Å²) in [5.41, 5.74) is 1.76. The van der Waals surface area contributed by atoms with Crippen LogP contribution in [0, 0.1) is 17.6 Å². The highest BCUT2D eigenvalue weighted by Crippen LogP contribution is 2.35. The van der Waals surface area contributed by atoms with E-state index in [2.05, 4.69) is 4.99 Å². The third-order valence-corrected chi connectivity index (χ3v) is 5.60. The SMILES string of the molecule is CC(C)C1=NC(c2ccc(F)cc2)=CC(c2ccc(F)cc2)N1C=C(F)[C@@H](O)CC(=O)CCC(=O)O. The third-order valence-electron chi connectivity index (χ3n) is 5.60. The number of aliphatic imine (C=N–C) groups is 1. The number of carbonyl (C=O) groups excluding carboxylic acids is 1.